The quantitative estimate of drug-likeness (QED) is 0.921. The van der Waals surface area contributed by atoms with Gasteiger partial charge in [0, 0.05) is 17.1 Å². The Morgan fingerprint density at radius 2 is 2.00 bits per heavy atom. The van der Waals surface area contributed by atoms with Gasteiger partial charge in [0.25, 0.3) is 0 Å². The van der Waals surface area contributed by atoms with Gasteiger partial charge in [-0.3, -0.25) is 0 Å². The summed E-state index contributed by atoms with van der Waals surface area (Å²) in [5, 5.41) is 3.79. The van der Waals surface area contributed by atoms with Crippen molar-refractivity contribution < 1.29 is 9.26 Å². The molecule has 4 nitrogen and oxygen atoms in total. The zero-order chi connectivity index (χ0) is 12.1. The Balaban J connectivity index is 1.81. The van der Waals surface area contributed by atoms with E-state index < -0.39 is 0 Å². The highest BCUT2D eigenvalue weighted by molar-refractivity contribution is 9.10. The monoisotopic (exact) mass is 296 g/mol. The molecule has 0 radical (unpaired) electrons. The Bertz CT molecular complexity index is 468. The lowest BCUT2D eigenvalue weighted by Gasteiger charge is -2.01. The van der Waals surface area contributed by atoms with E-state index in [0.717, 1.165) is 15.7 Å². The second-order valence-electron chi connectivity index (χ2n) is 3.61. The smallest absolute Gasteiger partial charge is 0.162 e. The lowest BCUT2D eigenvalue weighted by atomic mass is 10.2. The molecule has 0 aliphatic heterocycles. The summed E-state index contributed by atoms with van der Waals surface area (Å²) in [4.78, 5) is 0. The van der Waals surface area contributed by atoms with Crippen LogP contribution in [0.15, 0.2) is 39.3 Å². The van der Waals surface area contributed by atoms with E-state index >= 15 is 0 Å². The van der Waals surface area contributed by atoms with Crippen LogP contribution in [-0.2, 0) is 24.5 Å². The number of rotatable bonds is 5. The molecule has 1 aromatic heterocycles. The van der Waals surface area contributed by atoms with E-state index in [0.29, 0.717) is 25.5 Å². The van der Waals surface area contributed by atoms with Gasteiger partial charge in [-0.2, -0.15) is 0 Å². The van der Waals surface area contributed by atoms with Crippen molar-refractivity contribution in [1.29, 1.82) is 0 Å². The van der Waals surface area contributed by atoms with Crippen molar-refractivity contribution in [2.24, 2.45) is 5.73 Å². The maximum Gasteiger partial charge on any atom is 0.162 e. The number of hydrogen-bond donors (Lipinski definition) is 1. The second-order valence-corrected chi connectivity index (χ2v) is 4.52. The van der Waals surface area contributed by atoms with Crippen LogP contribution < -0.4 is 5.73 Å². The molecular formula is C12H13BrN2O2. The molecule has 0 amide bonds. The minimum atomic E-state index is 0.385. The van der Waals surface area contributed by atoms with Gasteiger partial charge in [0.15, 0.2) is 5.76 Å². The number of ether oxygens (including phenoxy) is 1. The van der Waals surface area contributed by atoms with E-state index in [2.05, 4.69) is 21.1 Å². The molecule has 0 atom stereocenters. The average Bonchev–Trinajstić information content (AvgIpc) is 2.80. The van der Waals surface area contributed by atoms with Gasteiger partial charge in [-0.1, -0.05) is 33.2 Å². The zero-order valence-corrected chi connectivity index (χ0v) is 10.8. The van der Waals surface area contributed by atoms with E-state index in [1.807, 2.05) is 30.3 Å². The Hall–Kier alpha value is -1.17. The zero-order valence-electron chi connectivity index (χ0n) is 9.23. The molecule has 2 N–H and O–H groups in total. The first kappa shape index (κ1) is 12.3. The second kappa shape index (κ2) is 5.95. The maximum atomic E-state index is 5.51. The van der Waals surface area contributed by atoms with E-state index in [9.17, 15) is 0 Å². The predicted octanol–water partition coefficient (Wildman–Crippen LogP) is 2.61. The normalized spacial score (nSPS) is 10.7. The minimum absolute atomic E-state index is 0.385. The predicted molar refractivity (Wildman–Crippen MR) is 67.0 cm³/mol. The Morgan fingerprint density at radius 3 is 2.65 bits per heavy atom. The number of nitrogens with zero attached hydrogens (tertiary/aromatic N) is 1. The van der Waals surface area contributed by atoms with Crippen LogP contribution in [0.4, 0.5) is 0 Å². The van der Waals surface area contributed by atoms with E-state index in [4.69, 9.17) is 15.0 Å². The van der Waals surface area contributed by atoms with Crippen molar-refractivity contribution in [3.05, 3.63) is 51.8 Å². The van der Waals surface area contributed by atoms with Crippen LogP contribution in [0.3, 0.4) is 0 Å². The molecule has 0 saturated carbocycles. The molecule has 2 aromatic rings. The van der Waals surface area contributed by atoms with Crippen molar-refractivity contribution in [1.82, 2.24) is 5.16 Å². The fourth-order valence-electron chi connectivity index (χ4n) is 1.37. The highest BCUT2D eigenvalue weighted by Gasteiger charge is 2.02. The number of hydrogen-bond acceptors (Lipinski definition) is 4. The summed E-state index contributed by atoms with van der Waals surface area (Å²) in [6.07, 6.45) is 0. The molecule has 5 heteroatoms. The Kier molecular flexibility index (Phi) is 4.30. The average molecular weight is 297 g/mol. The SMILES string of the molecule is NCc1cc(COCc2ccc(Br)cc2)on1. The summed E-state index contributed by atoms with van der Waals surface area (Å²) < 4.78 is 11.6. The summed E-state index contributed by atoms with van der Waals surface area (Å²) in [6, 6.07) is 9.80. The molecular weight excluding hydrogens is 284 g/mol. The number of nitrogens with two attached hydrogens (primary N) is 1. The standard InChI is InChI=1S/C12H13BrN2O2/c13-10-3-1-9(2-4-10)7-16-8-12-5-11(6-14)15-17-12/h1-5H,6-8,14H2. The third-order valence-corrected chi connectivity index (χ3v) is 2.77. The van der Waals surface area contributed by atoms with Gasteiger partial charge in [0.05, 0.1) is 12.3 Å². The topological polar surface area (TPSA) is 61.3 Å². The first-order valence-corrected chi connectivity index (χ1v) is 6.04. The largest absolute Gasteiger partial charge is 0.369 e. The van der Waals surface area contributed by atoms with Crippen LogP contribution in [0.1, 0.15) is 17.0 Å². The maximum absolute atomic E-state index is 5.51. The number of aromatic nitrogens is 1. The van der Waals surface area contributed by atoms with Crippen molar-refractivity contribution in [3.63, 3.8) is 0 Å². The summed E-state index contributed by atoms with van der Waals surface area (Å²) in [7, 11) is 0. The molecule has 2 rings (SSSR count). The summed E-state index contributed by atoms with van der Waals surface area (Å²) >= 11 is 3.39. The molecule has 0 saturated heterocycles. The van der Waals surface area contributed by atoms with Gasteiger partial charge in [0.2, 0.25) is 0 Å². The third-order valence-electron chi connectivity index (χ3n) is 2.24. The summed E-state index contributed by atoms with van der Waals surface area (Å²) in [6.45, 7) is 1.34. The van der Waals surface area contributed by atoms with Crippen LogP contribution >= 0.6 is 15.9 Å². The molecule has 0 aliphatic rings. The molecule has 1 aromatic carbocycles. The van der Waals surface area contributed by atoms with Gasteiger partial charge in [-0.25, -0.2) is 0 Å². The van der Waals surface area contributed by atoms with E-state index in [1.165, 1.54) is 0 Å². The fraction of sp³-hybridized carbons (Fsp3) is 0.250. The highest BCUT2D eigenvalue weighted by atomic mass is 79.9. The van der Waals surface area contributed by atoms with Gasteiger partial charge in [0.1, 0.15) is 6.61 Å². The molecule has 0 unspecified atom stereocenters. The molecule has 0 bridgehead atoms. The molecule has 1 heterocycles. The van der Waals surface area contributed by atoms with Gasteiger partial charge in [-0.05, 0) is 17.7 Å². The van der Waals surface area contributed by atoms with Crippen molar-refractivity contribution in [2.45, 2.75) is 19.8 Å². The molecule has 17 heavy (non-hydrogen) atoms. The van der Waals surface area contributed by atoms with E-state index in [1.54, 1.807) is 0 Å². The lowest BCUT2D eigenvalue weighted by molar-refractivity contribution is 0.0883. The third kappa shape index (κ3) is 3.66. The summed E-state index contributed by atoms with van der Waals surface area (Å²) in [5.41, 5.74) is 7.29. The molecule has 0 spiro atoms. The van der Waals surface area contributed by atoms with Crippen LogP contribution in [0.5, 0.6) is 0 Å². The van der Waals surface area contributed by atoms with Crippen LogP contribution in [0.2, 0.25) is 0 Å². The van der Waals surface area contributed by atoms with Crippen molar-refractivity contribution in [3.8, 4) is 0 Å². The Labute approximate surface area is 108 Å². The van der Waals surface area contributed by atoms with Crippen LogP contribution in [0, 0.1) is 0 Å². The first-order valence-electron chi connectivity index (χ1n) is 5.24. The van der Waals surface area contributed by atoms with Crippen molar-refractivity contribution >= 4 is 15.9 Å². The minimum Gasteiger partial charge on any atom is -0.369 e. The van der Waals surface area contributed by atoms with Crippen LogP contribution in [0.25, 0.3) is 0 Å². The van der Waals surface area contributed by atoms with Gasteiger partial charge < -0.3 is 15.0 Å². The van der Waals surface area contributed by atoms with Gasteiger partial charge >= 0.3 is 0 Å². The van der Waals surface area contributed by atoms with E-state index in [-0.39, 0.29) is 0 Å². The molecule has 0 fully saturated rings. The van der Waals surface area contributed by atoms with Crippen LogP contribution in [-0.4, -0.2) is 5.16 Å². The number of halogens is 1. The van der Waals surface area contributed by atoms with Crippen molar-refractivity contribution in [2.75, 3.05) is 0 Å². The highest BCUT2D eigenvalue weighted by Crippen LogP contribution is 2.12. The molecule has 0 aliphatic carbocycles. The summed E-state index contributed by atoms with van der Waals surface area (Å²) in [5.74, 6) is 0.697. The Morgan fingerprint density at radius 1 is 1.24 bits per heavy atom. The number of benzene rings is 1. The fourth-order valence-corrected chi connectivity index (χ4v) is 1.63. The first-order chi connectivity index (χ1) is 8.28. The molecule has 90 valence electrons. The van der Waals surface area contributed by atoms with Gasteiger partial charge in [-0.15, -0.1) is 0 Å². The lowest BCUT2D eigenvalue weighted by Crippen LogP contribution is -1.95.